The van der Waals surface area contributed by atoms with Crippen LogP contribution >= 0.6 is 0 Å². The molecule has 25 heavy (non-hydrogen) atoms. The van der Waals surface area contributed by atoms with Gasteiger partial charge in [0.05, 0.1) is 5.92 Å². The first-order chi connectivity index (χ1) is 12.0. The highest BCUT2D eigenvalue weighted by molar-refractivity contribution is 5.90. The van der Waals surface area contributed by atoms with Crippen LogP contribution in [0.5, 0.6) is 0 Å². The van der Waals surface area contributed by atoms with Crippen LogP contribution in [0.2, 0.25) is 0 Å². The summed E-state index contributed by atoms with van der Waals surface area (Å²) in [5.41, 5.74) is 1.81. The Morgan fingerprint density at radius 3 is 2.84 bits per heavy atom. The van der Waals surface area contributed by atoms with Gasteiger partial charge in [0.2, 0.25) is 5.91 Å². The van der Waals surface area contributed by atoms with Crippen LogP contribution in [0.1, 0.15) is 31.2 Å². The molecule has 0 aromatic heterocycles. The molecule has 1 aliphatic rings. The molecule has 1 heterocycles. The van der Waals surface area contributed by atoms with E-state index in [1.165, 1.54) is 0 Å². The predicted octanol–water partition coefficient (Wildman–Crippen LogP) is 2.22. The molecule has 0 radical (unpaired) electrons. The molecule has 7 heteroatoms. The first kappa shape index (κ1) is 18.8. The topological polar surface area (TPSA) is 98.7 Å². The van der Waals surface area contributed by atoms with Crippen molar-refractivity contribution in [2.45, 2.75) is 32.6 Å². The van der Waals surface area contributed by atoms with Gasteiger partial charge >= 0.3 is 12.0 Å². The summed E-state index contributed by atoms with van der Waals surface area (Å²) in [5.74, 6) is -1.23. The second-order valence-electron chi connectivity index (χ2n) is 6.37. The van der Waals surface area contributed by atoms with E-state index in [4.69, 9.17) is 5.11 Å². The molecule has 0 aliphatic carbocycles. The molecule has 0 spiro atoms. The van der Waals surface area contributed by atoms with Crippen molar-refractivity contribution in [3.05, 3.63) is 29.8 Å². The van der Waals surface area contributed by atoms with Crippen molar-refractivity contribution in [2.75, 3.05) is 25.0 Å². The van der Waals surface area contributed by atoms with E-state index < -0.39 is 5.97 Å². The zero-order valence-corrected chi connectivity index (χ0v) is 14.5. The molecular weight excluding hydrogens is 322 g/mol. The molecule has 1 saturated heterocycles. The van der Waals surface area contributed by atoms with Gasteiger partial charge in [-0.1, -0.05) is 12.1 Å². The maximum Gasteiger partial charge on any atom is 0.321 e. The molecule has 2 rings (SSSR count). The minimum Gasteiger partial charge on any atom is -0.481 e. The van der Waals surface area contributed by atoms with Gasteiger partial charge in [-0.05, 0) is 43.9 Å². The van der Waals surface area contributed by atoms with Crippen LogP contribution < -0.4 is 10.6 Å². The lowest BCUT2D eigenvalue weighted by Crippen LogP contribution is -2.47. The maximum absolute atomic E-state index is 12.4. The zero-order chi connectivity index (χ0) is 18.2. The molecule has 0 bridgehead atoms. The average molecular weight is 347 g/mol. The summed E-state index contributed by atoms with van der Waals surface area (Å²) >= 11 is 0. The Labute approximate surface area is 147 Å². The molecule has 1 unspecified atom stereocenters. The second kappa shape index (κ2) is 9.05. The van der Waals surface area contributed by atoms with Crippen LogP contribution in [-0.4, -0.2) is 47.5 Å². The molecule has 1 atom stereocenters. The van der Waals surface area contributed by atoms with Gasteiger partial charge in [-0.15, -0.1) is 0 Å². The molecule has 0 saturated carbocycles. The molecule has 3 N–H and O–H groups in total. The van der Waals surface area contributed by atoms with Gasteiger partial charge in [-0.25, -0.2) is 4.79 Å². The number of likely N-dealkylation sites (tertiary alicyclic amines) is 1. The SMILES string of the molecule is Cc1cccc(NC(=O)N2CCCC(C(=O)NCCCC(=O)O)C2)c1. The number of hydrogen-bond acceptors (Lipinski definition) is 3. The van der Waals surface area contributed by atoms with Gasteiger partial charge in [0.15, 0.2) is 0 Å². The minimum absolute atomic E-state index is 0.0377. The standard InChI is InChI=1S/C18H25N3O4/c1-13-5-2-7-15(11-13)20-18(25)21-10-4-6-14(12-21)17(24)19-9-3-8-16(22)23/h2,5,7,11,14H,3-4,6,8-10,12H2,1H3,(H,19,24)(H,20,25)(H,22,23). The van der Waals surface area contributed by atoms with Crippen molar-refractivity contribution in [3.8, 4) is 0 Å². The highest BCUT2D eigenvalue weighted by Gasteiger charge is 2.28. The predicted molar refractivity (Wildman–Crippen MR) is 94.4 cm³/mol. The fourth-order valence-electron chi connectivity index (χ4n) is 2.90. The van der Waals surface area contributed by atoms with Gasteiger partial charge in [-0.2, -0.15) is 0 Å². The number of hydrogen-bond donors (Lipinski definition) is 3. The first-order valence-electron chi connectivity index (χ1n) is 8.58. The molecule has 1 aromatic rings. The number of rotatable bonds is 6. The van der Waals surface area contributed by atoms with E-state index in [2.05, 4.69) is 10.6 Å². The number of carbonyl (C=O) groups is 3. The molecule has 1 fully saturated rings. The van der Waals surface area contributed by atoms with Crippen LogP contribution in [0.3, 0.4) is 0 Å². The largest absolute Gasteiger partial charge is 0.481 e. The van der Waals surface area contributed by atoms with Crippen molar-refractivity contribution in [3.63, 3.8) is 0 Å². The number of aliphatic carboxylic acids is 1. The minimum atomic E-state index is -0.870. The number of benzene rings is 1. The Hall–Kier alpha value is -2.57. The summed E-state index contributed by atoms with van der Waals surface area (Å²) in [6.45, 7) is 3.31. The Morgan fingerprint density at radius 1 is 1.32 bits per heavy atom. The van der Waals surface area contributed by atoms with Crippen LogP contribution in [-0.2, 0) is 9.59 Å². The average Bonchev–Trinajstić information content (AvgIpc) is 2.58. The van der Waals surface area contributed by atoms with Gasteiger partial charge in [0.25, 0.3) is 0 Å². The second-order valence-corrected chi connectivity index (χ2v) is 6.37. The van der Waals surface area contributed by atoms with Gasteiger partial charge in [0.1, 0.15) is 0 Å². The number of carboxylic acids is 1. The number of carbonyl (C=O) groups excluding carboxylic acids is 2. The fraction of sp³-hybridized carbons (Fsp3) is 0.500. The number of urea groups is 1. The first-order valence-corrected chi connectivity index (χ1v) is 8.58. The fourth-order valence-corrected chi connectivity index (χ4v) is 2.90. The smallest absolute Gasteiger partial charge is 0.321 e. The highest BCUT2D eigenvalue weighted by atomic mass is 16.4. The van der Waals surface area contributed by atoms with E-state index >= 15 is 0 Å². The Morgan fingerprint density at radius 2 is 2.12 bits per heavy atom. The Bertz CT molecular complexity index is 633. The van der Waals surface area contributed by atoms with Crippen molar-refractivity contribution in [1.29, 1.82) is 0 Å². The lowest BCUT2D eigenvalue weighted by molar-refractivity contribution is -0.137. The molecule has 136 valence electrons. The zero-order valence-electron chi connectivity index (χ0n) is 14.5. The summed E-state index contributed by atoms with van der Waals surface area (Å²) in [7, 11) is 0. The Balaban J connectivity index is 1.82. The van der Waals surface area contributed by atoms with E-state index in [1.54, 1.807) is 4.90 Å². The van der Waals surface area contributed by atoms with Crippen LogP contribution in [0.4, 0.5) is 10.5 Å². The van der Waals surface area contributed by atoms with Gasteiger partial charge < -0.3 is 20.6 Å². The van der Waals surface area contributed by atoms with Crippen molar-refractivity contribution < 1.29 is 19.5 Å². The number of amides is 3. The van der Waals surface area contributed by atoms with Crippen LogP contribution in [0, 0.1) is 12.8 Å². The lowest BCUT2D eigenvalue weighted by atomic mass is 9.97. The summed E-state index contributed by atoms with van der Waals surface area (Å²) in [4.78, 5) is 36.7. The number of piperidine rings is 1. The Kier molecular flexibility index (Phi) is 6.80. The number of nitrogens with zero attached hydrogens (tertiary/aromatic N) is 1. The lowest BCUT2D eigenvalue weighted by Gasteiger charge is -2.32. The summed E-state index contributed by atoms with van der Waals surface area (Å²) in [6.07, 6.45) is 1.95. The number of aryl methyl sites for hydroxylation is 1. The summed E-state index contributed by atoms with van der Waals surface area (Å²) in [6, 6.07) is 7.38. The molecule has 7 nitrogen and oxygen atoms in total. The quantitative estimate of drug-likeness (QED) is 0.687. The monoisotopic (exact) mass is 347 g/mol. The maximum atomic E-state index is 12.4. The molecular formula is C18H25N3O4. The van der Waals surface area contributed by atoms with Crippen LogP contribution in [0.25, 0.3) is 0 Å². The highest BCUT2D eigenvalue weighted by Crippen LogP contribution is 2.18. The van der Waals surface area contributed by atoms with Crippen molar-refractivity contribution in [1.82, 2.24) is 10.2 Å². The van der Waals surface area contributed by atoms with Crippen molar-refractivity contribution >= 4 is 23.6 Å². The normalized spacial score (nSPS) is 17.0. The third-order valence-electron chi connectivity index (χ3n) is 4.22. The molecule has 3 amide bonds. The summed E-state index contributed by atoms with van der Waals surface area (Å²) in [5, 5.41) is 14.2. The van der Waals surface area contributed by atoms with E-state index in [0.717, 1.165) is 24.1 Å². The van der Waals surface area contributed by atoms with E-state index in [1.807, 2.05) is 31.2 Å². The van der Waals surface area contributed by atoms with E-state index in [9.17, 15) is 14.4 Å². The number of nitrogens with one attached hydrogen (secondary N) is 2. The van der Waals surface area contributed by atoms with E-state index in [0.29, 0.717) is 26.1 Å². The summed E-state index contributed by atoms with van der Waals surface area (Å²) < 4.78 is 0. The van der Waals surface area contributed by atoms with Crippen LogP contribution in [0.15, 0.2) is 24.3 Å². The molecule has 1 aliphatic heterocycles. The van der Waals surface area contributed by atoms with Gasteiger partial charge in [-0.3, -0.25) is 9.59 Å². The number of anilines is 1. The third kappa shape index (κ3) is 6.10. The number of carboxylic acid groups (broad SMARTS) is 1. The third-order valence-corrected chi connectivity index (χ3v) is 4.22. The van der Waals surface area contributed by atoms with Gasteiger partial charge in [0, 0.05) is 31.7 Å². The van der Waals surface area contributed by atoms with E-state index in [-0.39, 0.29) is 24.3 Å². The van der Waals surface area contributed by atoms with Crippen molar-refractivity contribution in [2.24, 2.45) is 5.92 Å². The molecule has 1 aromatic carbocycles.